The van der Waals surface area contributed by atoms with Gasteiger partial charge in [-0.15, -0.1) is 5.10 Å². The fourth-order valence-corrected chi connectivity index (χ4v) is 1.51. The van der Waals surface area contributed by atoms with Gasteiger partial charge in [0.25, 0.3) is 0 Å². The number of halogens is 3. The lowest BCUT2D eigenvalue weighted by Crippen LogP contribution is -2.25. The van der Waals surface area contributed by atoms with E-state index < -0.39 is 25.3 Å². The number of tetrazole rings is 1. The van der Waals surface area contributed by atoms with Crippen molar-refractivity contribution in [3.05, 3.63) is 30.6 Å². The van der Waals surface area contributed by atoms with Crippen molar-refractivity contribution in [1.82, 2.24) is 20.2 Å². The molecule has 0 bridgehead atoms. The minimum atomic E-state index is -4.42. The fraction of sp³-hybridized carbons (Fsp3) is 0.364. The second-order valence-electron chi connectivity index (χ2n) is 4.04. The quantitative estimate of drug-likeness (QED) is 0.899. The van der Waals surface area contributed by atoms with Gasteiger partial charge in [0.2, 0.25) is 0 Å². The zero-order chi connectivity index (χ0) is 14.6. The standard InChI is InChI=1S/C11H11F3N4O2/c12-11(13,14)5-9(19)6-20-10-3-1-2-8(4-10)18-7-15-16-17-18/h1-4,7,9,19H,5-6H2/t9-/m1/s1. The third kappa shape index (κ3) is 4.19. The van der Waals surface area contributed by atoms with Crippen LogP contribution in [-0.4, -0.2) is 44.2 Å². The minimum Gasteiger partial charge on any atom is -0.491 e. The number of aromatic nitrogens is 4. The molecule has 0 saturated heterocycles. The molecule has 1 heterocycles. The predicted molar refractivity (Wildman–Crippen MR) is 61.3 cm³/mol. The van der Waals surface area contributed by atoms with Gasteiger partial charge in [0, 0.05) is 6.07 Å². The summed E-state index contributed by atoms with van der Waals surface area (Å²) in [5.74, 6) is 0.319. The van der Waals surface area contributed by atoms with E-state index in [1.54, 1.807) is 24.3 Å². The molecule has 6 nitrogen and oxygen atoms in total. The summed E-state index contributed by atoms with van der Waals surface area (Å²) in [4.78, 5) is 0. The van der Waals surface area contributed by atoms with Crippen molar-refractivity contribution in [3.63, 3.8) is 0 Å². The Morgan fingerprint density at radius 3 is 2.80 bits per heavy atom. The van der Waals surface area contributed by atoms with E-state index in [-0.39, 0.29) is 0 Å². The number of ether oxygens (including phenoxy) is 1. The van der Waals surface area contributed by atoms with Crippen LogP contribution in [0.5, 0.6) is 5.75 Å². The largest absolute Gasteiger partial charge is 0.491 e. The molecule has 2 rings (SSSR count). The summed E-state index contributed by atoms with van der Waals surface area (Å²) < 4.78 is 42.6. The first-order valence-electron chi connectivity index (χ1n) is 5.65. The maximum absolute atomic E-state index is 12.0. The highest BCUT2D eigenvalue weighted by atomic mass is 19.4. The summed E-state index contributed by atoms with van der Waals surface area (Å²) in [6, 6.07) is 6.46. The smallest absolute Gasteiger partial charge is 0.391 e. The minimum absolute atomic E-state index is 0.319. The monoisotopic (exact) mass is 288 g/mol. The first-order valence-corrected chi connectivity index (χ1v) is 5.65. The van der Waals surface area contributed by atoms with E-state index in [2.05, 4.69) is 15.5 Å². The van der Waals surface area contributed by atoms with E-state index in [9.17, 15) is 18.3 Å². The molecule has 0 saturated carbocycles. The second kappa shape index (κ2) is 5.87. The third-order valence-corrected chi connectivity index (χ3v) is 2.34. The van der Waals surface area contributed by atoms with Crippen LogP contribution in [0, 0.1) is 0 Å². The number of aliphatic hydroxyl groups is 1. The van der Waals surface area contributed by atoms with Crippen molar-refractivity contribution < 1.29 is 23.0 Å². The summed E-state index contributed by atoms with van der Waals surface area (Å²) in [7, 11) is 0. The molecule has 1 aromatic carbocycles. The highest BCUT2D eigenvalue weighted by Gasteiger charge is 2.31. The summed E-state index contributed by atoms with van der Waals surface area (Å²) in [5.41, 5.74) is 0.595. The SMILES string of the molecule is O[C@@H](COc1cccc(-n2cnnn2)c1)CC(F)(F)F. The highest BCUT2D eigenvalue weighted by molar-refractivity contribution is 5.37. The van der Waals surface area contributed by atoms with E-state index in [1.165, 1.54) is 11.0 Å². The zero-order valence-electron chi connectivity index (χ0n) is 10.2. The van der Waals surface area contributed by atoms with Crippen LogP contribution in [0.4, 0.5) is 13.2 Å². The average molecular weight is 288 g/mol. The number of aliphatic hydroxyl groups excluding tert-OH is 1. The maximum atomic E-state index is 12.0. The summed E-state index contributed by atoms with van der Waals surface area (Å²) in [6.45, 7) is -0.446. The average Bonchev–Trinajstić information content (AvgIpc) is 2.88. The van der Waals surface area contributed by atoms with E-state index in [0.717, 1.165) is 0 Å². The van der Waals surface area contributed by atoms with Crippen LogP contribution in [0.25, 0.3) is 5.69 Å². The Balaban J connectivity index is 1.95. The first kappa shape index (κ1) is 14.3. The second-order valence-corrected chi connectivity index (χ2v) is 4.04. The van der Waals surface area contributed by atoms with Gasteiger partial charge in [0.05, 0.1) is 18.2 Å². The number of alkyl halides is 3. The summed E-state index contributed by atoms with van der Waals surface area (Å²) in [6.07, 6.45) is -5.96. The van der Waals surface area contributed by atoms with E-state index in [4.69, 9.17) is 4.74 Å². The van der Waals surface area contributed by atoms with Gasteiger partial charge < -0.3 is 9.84 Å². The molecule has 0 radical (unpaired) electrons. The molecular weight excluding hydrogens is 277 g/mol. The molecule has 0 unspecified atom stereocenters. The van der Waals surface area contributed by atoms with Gasteiger partial charge in [-0.1, -0.05) is 6.07 Å². The Hall–Kier alpha value is -2.16. The van der Waals surface area contributed by atoms with Crippen molar-refractivity contribution in [1.29, 1.82) is 0 Å². The van der Waals surface area contributed by atoms with Gasteiger partial charge in [-0.25, -0.2) is 4.68 Å². The summed E-state index contributed by atoms with van der Waals surface area (Å²) >= 11 is 0. The Morgan fingerprint density at radius 2 is 2.15 bits per heavy atom. The molecule has 9 heteroatoms. The molecule has 108 valence electrons. The van der Waals surface area contributed by atoms with Gasteiger partial charge >= 0.3 is 6.18 Å². The van der Waals surface area contributed by atoms with Gasteiger partial charge in [-0.2, -0.15) is 13.2 Å². The maximum Gasteiger partial charge on any atom is 0.391 e. The Bertz CT molecular complexity index is 545. The van der Waals surface area contributed by atoms with Crippen LogP contribution < -0.4 is 4.74 Å². The molecule has 20 heavy (non-hydrogen) atoms. The molecule has 1 N–H and O–H groups in total. The van der Waals surface area contributed by atoms with Crippen LogP contribution in [0.3, 0.4) is 0 Å². The normalized spacial score (nSPS) is 13.2. The molecular formula is C11H11F3N4O2. The van der Waals surface area contributed by atoms with Crippen molar-refractivity contribution >= 4 is 0 Å². The number of hydrogen-bond acceptors (Lipinski definition) is 5. The zero-order valence-corrected chi connectivity index (χ0v) is 10.2. The van der Waals surface area contributed by atoms with Gasteiger partial charge in [0.15, 0.2) is 0 Å². The third-order valence-electron chi connectivity index (χ3n) is 2.34. The molecule has 2 aromatic rings. The Labute approximate surface area is 111 Å². The van der Waals surface area contributed by atoms with Crippen molar-refractivity contribution in [2.45, 2.75) is 18.7 Å². The van der Waals surface area contributed by atoms with E-state index >= 15 is 0 Å². The number of nitrogens with zero attached hydrogens (tertiary/aromatic N) is 4. The highest BCUT2D eigenvalue weighted by Crippen LogP contribution is 2.22. The lowest BCUT2D eigenvalue weighted by Gasteiger charge is -2.14. The number of benzene rings is 1. The predicted octanol–water partition coefficient (Wildman–Crippen LogP) is 1.35. The van der Waals surface area contributed by atoms with Crippen LogP contribution >= 0.6 is 0 Å². The van der Waals surface area contributed by atoms with Gasteiger partial charge in [0.1, 0.15) is 18.7 Å². The topological polar surface area (TPSA) is 73.1 Å². The van der Waals surface area contributed by atoms with Gasteiger partial charge in [-0.05, 0) is 22.6 Å². The Kier molecular flexibility index (Phi) is 4.18. The molecule has 1 atom stereocenters. The molecule has 0 spiro atoms. The van der Waals surface area contributed by atoms with Crippen LogP contribution in [-0.2, 0) is 0 Å². The fourth-order valence-electron chi connectivity index (χ4n) is 1.51. The summed E-state index contributed by atoms with van der Waals surface area (Å²) in [5, 5.41) is 19.8. The van der Waals surface area contributed by atoms with Crippen molar-refractivity contribution in [2.75, 3.05) is 6.61 Å². The van der Waals surface area contributed by atoms with Crippen LogP contribution in [0.2, 0.25) is 0 Å². The number of rotatable bonds is 5. The lowest BCUT2D eigenvalue weighted by molar-refractivity contribution is -0.156. The van der Waals surface area contributed by atoms with E-state index in [0.29, 0.717) is 11.4 Å². The number of hydrogen-bond donors (Lipinski definition) is 1. The lowest BCUT2D eigenvalue weighted by atomic mass is 10.2. The first-order chi connectivity index (χ1) is 9.44. The van der Waals surface area contributed by atoms with Crippen LogP contribution in [0.1, 0.15) is 6.42 Å². The Morgan fingerprint density at radius 1 is 1.35 bits per heavy atom. The van der Waals surface area contributed by atoms with Gasteiger partial charge in [-0.3, -0.25) is 0 Å². The molecule has 0 aliphatic rings. The molecule has 0 aliphatic carbocycles. The van der Waals surface area contributed by atoms with Crippen molar-refractivity contribution in [3.8, 4) is 11.4 Å². The van der Waals surface area contributed by atoms with Crippen LogP contribution in [0.15, 0.2) is 30.6 Å². The molecule has 0 amide bonds. The van der Waals surface area contributed by atoms with E-state index in [1.807, 2.05) is 0 Å². The molecule has 1 aromatic heterocycles. The van der Waals surface area contributed by atoms with Crippen molar-refractivity contribution in [2.24, 2.45) is 0 Å². The molecule has 0 fully saturated rings. The molecule has 0 aliphatic heterocycles.